The number of fused-ring (bicyclic) bond motifs is 1. The van der Waals surface area contributed by atoms with Crippen LogP contribution in [0, 0.1) is 13.8 Å². The largest absolute Gasteiger partial charge is 0.493 e. The van der Waals surface area contributed by atoms with Gasteiger partial charge >= 0.3 is 11.4 Å². The molecule has 2 N–H and O–H groups in total. The molecule has 0 fully saturated rings. The summed E-state index contributed by atoms with van der Waals surface area (Å²) in [6.07, 6.45) is 1.23. The summed E-state index contributed by atoms with van der Waals surface area (Å²) in [5.74, 6) is -0.509. The van der Waals surface area contributed by atoms with Gasteiger partial charge in [-0.2, -0.15) is 0 Å². The third-order valence-corrected chi connectivity index (χ3v) is 6.12. The highest BCUT2D eigenvalue weighted by Crippen LogP contribution is 2.32. The maximum absolute atomic E-state index is 12.6. The van der Waals surface area contributed by atoms with Gasteiger partial charge in [-0.25, -0.2) is 14.2 Å². The lowest BCUT2D eigenvalue weighted by Crippen LogP contribution is -2.31. The summed E-state index contributed by atoms with van der Waals surface area (Å²) in [6.45, 7) is 3.73. The number of aromatic amines is 1. The lowest BCUT2D eigenvalue weighted by atomic mass is 10.1. The minimum Gasteiger partial charge on any atom is -0.493 e. The summed E-state index contributed by atoms with van der Waals surface area (Å²) in [5.41, 5.74) is 2.96. The Labute approximate surface area is 194 Å². The van der Waals surface area contributed by atoms with E-state index in [0.717, 1.165) is 21.2 Å². The van der Waals surface area contributed by atoms with Crippen molar-refractivity contribution < 1.29 is 5.11 Å². The van der Waals surface area contributed by atoms with Crippen LogP contribution in [0.25, 0.3) is 16.7 Å². The van der Waals surface area contributed by atoms with Crippen molar-refractivity contribution in [1.29, 1.82) is 0 Å². The number of hydrogen-bond acceptors (Lipinski definition) is 6. The third kappa shape index (κ3) is 3.53. The zero-order valence-electron chi connectivity index (χ0n) is 19.9. The molecule has 0 unspecified atom stereocenters. The second-order valence-corrected chi connectivity index (χ2v) is 8.43. The first-order valence-corrected chi connectivity index (χ1v) is 10.6. The monoisotopic (exact) mass is 462 g/mol. The fraction of sp³-hybridized carbons (Fsp3) is 0.250. The van der Waals surface area contributed by atoms with Gasteiger partial charge in [-0.3, -0.25) is 23.9 Å². The van der Waals surface area contributed by atoms with Crippen LogP contribution in [0.1, 0.15) is 16.7 Å². The van der Waals surface area contributed by atoms with Gasteiger partial charge in [0, 0.05) is 34.4 Å². The number of aromatic hydroxyl groups is 1. The molecule has 34 heavy (non-hydrogen) atoms. The number of hydrogen-bond donors (Lipinski definition) is 2. The minimum absolute atomic E-state index is 0.160. The SMILES string of the molecule is Cc1cccc(-n2c(O)c(C=Nc3cc4c(cc3N(C)C)n(C)c(=O)n4C)c(=O)[nH]c2=O)c1C. The van der Waals surface area contributed by atoms with Gasteiger partial charge in [-0.1, -0.05) is 12.1 Å². The second kappa shape index (κ2) is 8.22. The maximum Gasteiger partial charge on any atom is 0.335 e. The number of aliphatic imine (C=N–C) groups is 1. The molecule has 0 aliphatic heterocycles. The zero-order chi connectivity index (χ0) is 24.9. The average Bonchev–Trinajstić information content (AvgIpc) is 2.99. The number of nitrogens with one attached hydrogen (secondary N) is 1. The molecule has 0 saturated carbocycles. The third-order valence-electron chi connectivity index (χ3n) is 6.12. The van der Waals surface area contributed by atoms with Crippen LogP contribution in [0.2, 0.25) is 0 Å². The quantitative estimate of drug-likeness (QED) is 0.449. The second-order valence-electron chi connectivity index (χ2n) is 8.43. The highest BCUT2D eigenvalue weighted by Gasteiger charge is 2.17. The van der Waals surface area contributed by atoms with E-state index in [1.807, 2.05) is 45.0 Å². The van der Waals surface area contributed by atoms with Crippen molar-refractivity contribution in [3.05, 3.63) is 78.3 Å². The molecule has 0 aliphatic rings. The van der Waals surface area contributed by atoms with Crippen molar-refractivity contribution in [2.45, 2.75) is 13.8 Å². The number of anilines is 1. The number of benzene rings is 2. The summed E-state index contributed by atoms with van der Waals surface area (Å²) in [7, 11) is 7.05. The van der Waals surface area contributed by atoms with Gasteiger partial charge in [-0.05, 0) is 43.2 Å². The Kier molecular flexibility index (Phi) is 5.52. The molecule has 2 aromatic heterocycles. The van der Waals surface area contributed by atoms with Crippen molar-refractivity contribution in [3.8, 4) is 11.6 Å². The summed E-state index contributed by atoms with van der Waals surface area (Å²) in [4.78, 5) is 46.1. The summed E-state index contributed by atoms with van der Waals surface area (Å²) < 4.78 is 4.12. The van der Waals surface area contributed by atoms with Gasteiger partial charge in [0.25, 0.3) is 5.56 Å². The molecular weight excluding hydrogens is 436 g/mol. The number of H-pyrrole nitrogens is 1. The van der Waals surface area contributed by atoms with E-state index in [1.54, 1.807) is 36.9 Å². The molecule has 0 spiro atoms. The van der Waals surface area contributed by atoms with E-state index < -0.39 is 17.1 Å². The molecule has 4 rings (SSSR count). The Morgan fingerprint density at radius 3 is 2.32 bits per heavy atom. The number of aryl methyl sites for hydroxylation is 3. The smallest absolute Gasteiger partial charge is 0.335 e. The lowest BCUT2D eigenvalue weighted by molar-refractivity contribution is 0.430. The van der Waals surface area contributed by atoms with Gasteiger partial charge in [0.1, 0.15) is 5.56 Å². The normalized spacial score (nSPS) is 11.6. The van der Waals surface area contributed by atoms with Crippen LogP contribution < -0.4 is 21.8 Å². The van der Waals surface area contributed by atoms with Crippen molar-refractivity contribution >= 4 is 28.6 Å². The highest BCUT2D eigenvalue weighted by molar-refractivity contribution is 5.91. The van der Waals surface area contributed by atoms with E-state index in [9.17, 15) is 19.5 Å². The Morgan fingerprint density at radius 1 is 1.03 bits per heavy atom. The first-order valence-electron chi connectivity index (χ1n) is 10.6. The Hall–Kier alpha value is -4.34. The Morgan fingerprint density at radius 2 is 1.68 bits per heavy atom. The molecule has 2 aromatic carbocycles. The standard InChI is InChI=1S/C24H26N6O4/c1-13-8-7-9-17(14(13)2)30-22(32)15(21(31)26-23(30)33)12-25-16-10-19-20(11-18(16)27(3)4)29(6)24(34)28(19)5/h7-12,32H,1-6H3,(H,26,31,33). The van der Waals surface area contributed by atoms with Gasteiger partial charge in [0.2, 0.25) is 5.88 Å². The molecular formula is C24H26N6O4. The van der Waals surface area contributed by atoms with Gasteiger partial charge in [-0.15, -0.1) is 0 Å². The Bertz CT molecular complexity index is 1650. The molecule has 0 saturated heterocycles. The van der Waals surface area contributed by atoms with Crippen LogP contribution in [0.5, 0.6) is 5.88 Å². The fourth-order valence-corrected chi connectivity index (χ4v) is 3.98. The predicted octanol–water partition coefficient (Wildman–Crippen LogP) is 1.86. The molecule has 2 heterocycles. The van der Waals surface area contributed by atoms with E-state index in [0.29, 0.717) is 22.6 Å². The van der Waals surface area contributed by atoms with Crippen molar-refractivity contribution in [2.75, 3.05) is 19.0 Å². The molecule has 0 aliphatic carbocycles. The highest BCUT2D eigenvalue weighted by atomic mass is 16.3. The van der Waals surface area contributed by atoms with Crippen LogP contribution >= 0.6 is 0 Å². The average molecular weight is 463 g/mol. The molecule has 176 valence electrons. The number of aromatic nitrogens is 4. The van der Waals surface area contributed by atoms with E-state index in [1.165, 1.54) is 10.8 Å². The van der Waals surface area contributed by atoms with Crippen LogP contribution in [-0.2, 0) is 14.1 Å². The summed E-state index contributed by atoms with van der Waals surface area (Å²) >= 11 is 0. The maximum atomic E-state index is 12.6. The molecule has 0 atom stereocenters. The van der Waals surface area contributed by atoms with Crippen LogP contribution in [0.3, 0.4) is 0 Å². The van der Waals surface area contributed by atoms with E-state index in [4.69, 9.17) is 0 Å². The topological polar surface area (TPSA) is 118 Å². The Balaban J connectivity index is 1.93. The van der Waals surface area contributed by atoms with Gasteiger partial charge in [0.05, 0.1) is 28.1 Å². The molecule has 10 nitrogen and oxygen atoms in total. The number of rotatable bonds is 4. The van der Waals surface area contributed by atoms with E-state index in [-0.39, 0.29) is 11.3 Å². The molecule has 0 radical (unpaired) electrons. The molecule has 0 amide bonds. The van der Waals surface area contributed by atoms with Crippen LogP contribution in [0.4, 0.5) is 11.4 Å². The van der Waals surface area contributed by atoms with Crippen LogP contribution in [0.15, 0.2) is 49.7 Å². The first kappa shape index (κ1) is 22.8. The number of imidazole rings is 1. The molecule has 0 bridgehead atoms. The van der Waals surface area contributed by atoms with E-state index in [2.05, 4.69) is 9.98 Å². The predicted molar refractivity (Wildman–Crippen MR) is 134 cm³/mol. The zero-order valence-corrected chi connectivity index (χ0v) is 19.9. The van der Waals surface area contributed by atoms with Crippen molar-refractivity contribution in [2.24, 2.45) is 19.1 Å². The number of nitrogens with zero attached hydrogens (tertiary/aromatic N) is 5. The van der Waals surface area contributed by atoms with Gasteiger partial charge < -0.3 is 10.0 Å². The first-order chi connectivity index (χ1) is 16.0. The van der Waals surface area contributed by atoms with Crippen LogP contribution in [-0.4, -0.2) is 44.1 Å². The molecule has 10 heteroatoms. The fourth-order valence-electron chi connectivity index (χ4n) is 3.98. The summed E-state index contributed by atoms with van der Waals surface area (Å²) in [5, 5.41) is 10.9. The van der Waals surface area contributed by atoms with Crippen molar-refractivity contribution in [1.82, 2.24) is 18.7 Å². The van der Waals surface area contributed by atoms with E-state index >= 15 is 0 Å². The lowest BCUT2D eigenvalue weighted by Gasteiger charge is -2.16. The van der Waals surface area contributed by atoms with Crippen molar-refractivity contribution in [3.63, 3.8) is 0 Å². The minimum atomic E-state index is -0.757. The van der Waals surface area contributed by atoms with Gasteiger partial charge in [0.15, 0.2) is 0 Å². The molecule has 4 aromatic rings. The summed E-state index contributed by atoms with van der Waals surface area (Å²) in [6, 6.07) is 8.94.